The molecule has 8 heteroatoms. The third-order valence-corrected chi connectivity index (χ3v) is 7.39. The number of carbonyl (C=O) groups excluding carboxylic acids is 3. The normalized spacial score (nSPS) is 19.6. The van der Waals surface area contributed by atoms with E-state index >= 15 is 0 Å². The molecule has 3 aromatic rings. The van der Waals surface area contributed by atoms with E-state index in [4.69, 9.17) is 0 Å². The van der Waals surface area contributed by atoms with Crippen molar-refractivity contribution in [3.05, 3.63) is 80.2 Å². The zero-order chi connectivity index (χ0) is 20.7. The van der Waals surface area contributed by atoms with Gasteiger partial charge in [-0.15, -0.1) is 22.7 Å². The molecule has 4 amide bonds. The van der Waals surface area contributed by atoms with E-state index in [0.717, 1.165) is 26.7 Å². The second-order valence-electron chi connectivity index (χ2n) is 7.30. The molecule has 5 rings (SSSR count). The van der Waals surface area contributed by atoms with Gasteiger partial charge >= 0.3 is 17.8 Å². The van der Waals surface area contributed by atoms with Crippen LogP contribution in [0.5, 0.6) is 0 Å². The Morgan fingerprint density at radius 2 is 1.67 bits per heavy atom. The molecule has 0 bridgehead atoms. The maximum atomic E-state index is 13.0. The summed E-state index contributed by atoms with van der Waals surface area (Å²) in [7, 11) is 0. The number of hydrogen-bond acceptors (Lipinski definition) is 6. The Bertz CT molecular complexity index is 1090. The van der Waals surface area contributed by atoms with Gasteiger partial charge in [0.25, 0.3) is 0 Å². The Morgan fingerprint density at radius 1 is 0.867 bits per heavy atom. The Labute approximate surface area is 181 Å². The predicted octanol–water partition coefficient (Wildman–Crippen LogP) is 3.71. The lowest BCUT2D eigenvalue weighted by Gasteiger charge is -2.37. The van der Waals surface area contributed by atoms with Crippen LogP contribution in [0.3, 0.4) is 0 Å². The molecule has 0 N–H and O–H groups in total. The molecule has 152 valence electrons. The molecule has 1 fully saturated rings. The van der Waals surface area contributed by atoms with Gasteiger partial charge in [-0.05, 0) is 40.4 Å². The van der Waals surface area contributed by atoms with Crippen molar-refractivity contribution in [2.45, 2.75) is 19.0 Å². The molecule has 2 aliphatic rings. The van der Waals surface area contributed by atoms with E-state index in [-0.39, 0.29) is 19.3 Å². The van der Waals surface area contributed by atoms with Gasteiger partial charge in [-0.2, -0.15) is 0 Å². The Kier molecular flexibility index (Phi) is 4.98. The summed E-state index contributed by atoms with van der Waals surface area (Å²) in [5.74, 6) is -1.50. The lowest BCUT2D eigenvalue weighted by molar-refractivity contribution is -0.144. The van der Waals surface area contributed by atoms with Crippen molar-refractivity contribution in [1.82, 2.24) is 14.7 Å². The highest BCUT2D eigenvalue weighted by Crippen LogP contribution is 2.38. The van der Waals surface area contributed by atoms with E-state index in [0.29, 0.717) is 6.54 Å². The molecule has 2 aliphatic heterocycles. The highest BCUT2D eigenvalue weighted by atomic mass is 32.1. The zero-order valence-electron chi connectivity index (χ0n) is 16.1. The standard InChI is InChI=1S/C22H19N3O3S2/c26-20-21(27)25(22(28)24(20)13-16-7-4-11-29-16)14-23-10-8-18-17(9-12-30-18)19(23)15-5-2-1-3-6-15/h1-7,9,11-12,19H,8,10,13-14H2. The van der Waals surface area contributed by atoms with Crippen LogP contribution in [-0.4, -0.2) is 45.8 Å². The van der Waals surface area contributed by atoms with Crippen LogP contribution in [0.4, 0.5) is 4.79 Å². The van der Waals surface area contributed by atoms with Gasteiger partial charge in [-0.3, -0.25) is 19.4 Å². The number of carbonyl (C=O) groups is 3. The lowest BCUT2D eigenvalue weighted by atomic mass is 9.94. The van der Waals surface area contributed by atoms with Crippen LogP contribution in [0.1, 0.15) is 26.9 Å². The van der Waals surface area contributed by atoms with Gasteiger partial charge in [0.15, 0.2) is 0 Å². The number of imide groups is 2. The second kappa shape index (κ2) is 7.79. The molecule has 1 saturated heterocycles. The topological polar surface area (TPSA) is 60.9 Å². The van der Waals surface area contributed by atoms with Gasteiger partial charge < -0.3 is 0 Å². The molecule has 0 spiro atoms. The van der Waals surface area contributed by atoms with Crippen LogP contribution >= 0.6 is 22.7 Å². The number of nitrogens with zero attached hydrogens (tertiary/aromatic N) is 3. The lowest BCUT2D eigenvalue weighted by Crippen LogP contribution is -2.46. The first-order chi connectivity index (χ1) is 14.6. The number of amides is 4. The van der Waals surface area contributed by atoms with E-state index in [9.17, 15) is 14.4 Å². The van der Waals surface area contributed by atoms with Gasteiger partial charge in [-0.25, -0.2) is 9.69 Å². The van der Waals surface area contributed by atoms with Crippen LogP contribution in [-0.2, 0) is 22.6 Å². The summed E-state index contributed by atoms with van der Waals surface area (Å²) in [5.41, 5.74) is 2.32. The average Bonchev–Trinajstić information content (AvgIpc) is 3.49. The van der Waals surface area contributed by atoms with Crippen LogP contribution in [0.25, 0.3) is 0 Å². The minimum atomic E-state index is -0.752. The molecule has 6 nitrogen and oxygen atoms in total. The molecular weight excluding hydrogens is 418 g/mol. The molecule has 2 aromatic heterocycles. The molecule has 1 unspecified atom stereocenters. The molecular formula is C22H19N3O3S2. The summed E-state index contributed by atoms with van der Waals surface area (Å²) in [6.45, 7) is 0.941. The van der Waals surface area contributed by atoms with Gasteiger partial charge in [0.2, 0.25) is 0 Å². The largest absolute Gasteiger partial charge is 0.335 e. The number of hydrogen-bond donors (Lipinski definition) is 0. The van der Waals surface area contributed by atoms with Crippen molar-refractivity contribution in [2.75, 3.05) is 13.2 Å². The maximum absolute atomic E-state index is 13.0. The van der Waals surface area contributed by atoms with E-state index in [2.05, 4.69) is 28.5 Å². The number of fused-ring (bicyclic) bond motifs is 1. The van der Waals surface area contributed by atoms with Crippen molar-refractivity contribution in [3.63, 3.8) is 0 Å². The predicted molar refractivity (Wildman–Crippen MR) is 115 cm³/mol. The van der Waals surface area contributed by atoms with Crippen LogP contribution in [0.15, 0.2) is 59.3 Å². The minimum absolute atomic E-state index is 0.0525. The van der Waals surface area contributed by atoms with Crippen molar-refractivity contribution in [2.24, 2.45) is 0 Å². The highest BCUT2D eigenvalue weighted by molar-refractivity contribution is 7.10. The van der Waals surface area contributed by atoms with Crippen molar-refractivity contribution in [1.29, 1.82) is 0 Å². The average molecular weight is 438 g/mol. The summed E-state index contributed by atoms with van der Waals surface area (Å²) in [6.07, 6.45) is 0.861. The summed E-state index contributed by atoms with van der Waals surface area (Å²) in [5, 5.41) is 3.97. The SMILES string of the molecule is O=C1C(=O)N(CN2CCc3sccc3C2c2ccccc2)C(=O)N1Cc1cccs1. The number of thiophene rings is 2. The summed E-state index contributed by atoms with van der Waals surface area (Å²) in [6, 6.07) is 15.3. The fourth-order valence-electron chi connectivity index (χ4n) is 4.10. The van der Waals surface area contributed by atoms with E-state index in [1.54, 1.807) is 11.3 Å². The number of rotatable bonds is 5. The molecule has 30 heavy (non-hydrogen) atoms. The van der Waals surface area contributed by atoms with Crippen LogP contribution in [0, 0.1) is 0 Å². The Morgan fingerprint density at radius 3 is 2.43 bits per heavy atom. The maximum Gasteiger partial charge on any atom is 0.335 e. The van der Waals surface area contributed by atoms with Gasteiger partial charge in [0.1, 0.15) is 0 Å². The second-order valence-corrected chi connectivity index (χ2v) is 9.34. The van der Waals surface area contributed by atoms with Gasteiger partial charge in [-0.1, -0.05) is 36.4 Å². The first-order valence-corrected chi connectivity index (χ1v) is 11.4. The zero-order valence-corrected chi connectivity index (χ0v) is 17.7. The van der Waals surface area contributed by atoms with Gasteiger partial charge in [0, 0.05) is 16.3 Å². The Hall–Kier alpha value is -2.81. The quantitative estimate of drug-likeness (QED) is 0.451. The summed E-state index contributed by atoms with van der Waals surface area (Å²) in [4.78, 5) is 44.6. The van der Waals surface area contributed by atoms with E-state index in [1.807, 2.05) is 35.7 Å². The summed E-state index contributed by atoms with van der Waals surface area (Å²) >= 11 is 3.19. The van der Waals surface area contributed by atoms with E-state index in [1.165, 1.54) is 21.8 Å². The monoisotopic (exact) mass is 437 g/mol. The first kappa shape index (κ1) is 19.2. The summed E-state index contributed by atoms with van der Waals surface area (Å²) < 4.78 is 0. The van der Waals surface area contributed by atoms with Crippen LogP contribution < -0.4 is 0 Å². The first-order valence-electron chi connectivity index (χ1n) is 9.68. The smallest absolute Gasteiger partial charge is 0.274 e. The van der Waals surface area contributed by atoms with Crippen molar-refractivity contribution >= 4 is 40.5 Å². The molecule has 0 aliphatic carbocycles. The van der Waals surface area contributed by atoms with Crippen LogP contribution in [0.2, 0.25) is 0 Å². The fourth-order valence-corrected chi connectivity index (χ4v) is 5.70. The molecule has 0 radical (unpaired) electrons. The van der Waals surface area contributed by atoms with Gasteiger partial charge in [0.05, 0.1) is 19.3 Å². The molecule has 1 aromatic carbocycles. The third kappa shape index (κ3) is 3.27. The van der Waals surface area contributed by atoms with Crippen molar-refractivity contribution in [3.8, 4) is 0 Å². The molecule has 1 atom stereocenters. The number of benzene rings is 1. The number of urea groups is 1. The fraction of sp³-hybridized carbons (Fsp3) is 0.227. The van der Waals surface area contributed by atoms with E-state index < -0.39 is 17.8 Å². The highest BCUT2D eigenvalue weighted by Gasteiger charge is 2.46. The third-order valence-electron chi connectivity index (χ3n) is 5.53. The minimum Gasteiger partial charge on any atom is -0.274 e. The molecule has 4 heterocycles. The molecule has 0 saturated carbocycles. The Balaban J connectivity index is 1.42. The van der Waals surface area contributed by atoms with Crippen molar-refractivity contribution < 1.29 is 14.4 Å².